The van der Waals surface area contributed by atoms with E-state index in [1.807, 2.05) is 6.07 Å². The predicted molar refractivity (Wildman–Crippen MR) is 85.7 cm³/mol. The third-order valence-electron chi connectivity index (χ3n) is 3.60. The van der Waals surface area contributed by atoms with E-state index in [1.165, 1.54) is 19.2 Å². The average molecular weight is 368 g/mol. The summed E-state index contributed by atoms with van der Waals surface area (Å²) >= 11 is 0. The molecule has 2 rings (SSSR count). The topological polar surface area (TPSA) is 156 Å². The van der Waals surface area contributed by atoms with Gasteiger partial charge >= 0.3 is 5.69 Å². The van der Waals surface area contributed by atoms with Crippen LogP contribution in [0.2, 0.25) is 0 Å². The molecule has 142 valence electrons. The average Bonchev–Trinajstić information content (AvgIpc) is 2.90. The van der Waals surface area contributed by atoms with Gasteiger partial charge in [-0.3, -0.25) is 9.36 Å². The molecule has 1 amide bonds. The Morgan fingerprint density at radius 3 is 2.96 bits per heavy atom. The molecule has 26 heavy (non-hydrogen) atoms. The number of nitrogens with one attached hydrogen (secondary N) is 1. The van der Waals surface area contributed by atoms with Crippen LogP contribution in [0.1, 0.15) is 19.6 Å². The van der Waals surface area contributed by atoms with Crippen LogP contribution in [0.4, 0.5) is 5.82 Å². The zero-order valence-electron chi connectivity index (χ0n) is 14.1. The van der Waals surface area contributed by atoms with Crippen molar-refractivity contribution in [1.82, 2.24) is 9.55 Å². The van der Waals surface area contributed by atoms with E-state index in [0.717, 1.165) is 4.57 Å². The Balaban J connectivity index is 2.14. The van der Waals surface area contributed by atoms with Crippen LogP contribution in [0.3, 0.4) is 0 Å². The van der Waals surface area contributed by atoms with E-state index in [1.54, 1.807) is 0 Å². The van der Waals surface area contributed by atoms with E-state index < -0.39 is 36.8 Å². The van der Waals surface area contributed by atoms with Crippen molar-refractivity contribution in [1.29, 1.82) is 5.26 Å². The number of carbonyl (C=O) groups excluding carboxylic acids is 1. The quantitative estimate of drug-likeness (QED) is 0.376. The molecule has 1 aliphatic heterocycles. The molecule has 0 unspecified atom stereocenters. The van der Waals surface area contributed by atoms with E-state index in [-0.39, 0.29) is 31.5 Å². The van der Waals surface area contributed by atoms with E-state index in [9.17, 15) is 19.8 Å². The molecule has 1 aromatic rings. The second kappa shape index (κ2) is 9.37. The Morgan fingerprint density at radius 1 is 1.58 bits per heavy atom. The van der Waals surface area contributed by atoms with Crippen molar-refractivity contribution in [3.05, 3.63) is 22.7 Å². The maximum atomic E-state index is 12.2. The lowest BCUT2D eigenvalue weighted by Crippen LogP contribution is -2.38. The Morgan fingerprint density at radius 2 is 2.35 bits per heavy atom. The standard InChI is InChI=1S/C15H20N4O7/c1-9(21)17-11-3-5-19(15(23)18-11)14-13(12(22)10(7-20)26-14)25-8-24-6-2-4-16/h3,5,10,12-14,20,22H,2,6-8H2,1H3,(H,17,18,21,23)/t10-,12-,13-,14-/m1/s1. The molecule has 0 spiro atoms. The summed E-state index contributed by atoms with van der Waals surface area (Å²) in [5.41, 5.74) is -0.731. The Bertz CT molecular complexity index is 717. The van der Waals surface area contributed by atoms with Crippen LogP contribution in [-0.2, 0) is 19.0 Å². The third-order valence-corrected chi connectivity index (χ3v) is 3.60. The molecule has 0 bridgehead atoms. The van der Waals surface area contributed by atoms with Crippen molar-refractivity contribution in [3.8, 4) is 6.07 Å². The van der Waals surface area contributed by atoms with Crippen LogP contribution in [0.15, 0.2) is 17.1 Å². The summed E-state index contributed by atoms with van der Waals surface area (Å²) in [6.45, 7) is 0.736. The van der Waals surface area contributed by atoms with Crippen LogP contribution in [0, 0.1) is 11.3 Å². The molecular formula is C15H20N4O7. The number of nitrogens with zero attached hydrogens (tertiary/aromatic N) is 3. The summed E-state index contributed by atoms with van der Waals surface area (Å²) < 4.78 is 17.1. The van der Waals surface area contributed by atoms with E-state index >= 15 is 0 Å². The minimum Gasteiger partial charge on any atom is -0.394 e. The van der Waals surface area contributed by atoms with Crippen molar-refractivity contribution < 1.29 is 29.2 Å². The number of hydrogen-bond acceptors (Lipinski definition) is 9. The van der Waals surface area contributed by atoms with Crippen molar-refractivity contribution in [3.63, 3.8) is 0 Å². The predicted octanol–water partition coefficient (Wildman–Crippen LogP) is -1.27. The summed E-state index contributed by atoms with van der Waals surface area (Å²) in [5.74, 6) is -0.299. The Labute approximate surface area is 148 Å². The highest BCUT2D eigenvalue weighted by Crippen LogP contribution is 2.30. The molecule has 1 aliphatic rings. The molecule has 2 heterocycles. The lowest BCUT2D eigenvalue weighted by Gasteiger charge is -2.22. The van der Waals surface area contributed by atoms with Gasteiger partial charge in [0.1, 0.15) is 30.9 Å². The first-order valence-corrected chi connectivity index (χ1v) is 7.85. The molecule has 1 saturated heterocycles. The van der Waals surface area contributed by atoms with Gasteiger partial charge in [0.15, 0.2) is 6.23 Å². The molecule has 0 aromatic carbocycles. The van der Waals surface area contributed by atoms with Gasteiger partial charge in [-0.2, -0.15) is 10.2 Å². The summed E-state index contributed by atoms with van der Waals surface area (Å²) in [7, 11) is 0. The zero-order chi connectivity index (χ0) is 19.1. The molecule has 0 saturated carbocycles. The molecular weight excluding hydrogens is 348 g/mol. The molecule has 0 radical (unpaired) electrons. The van der Waals surface area contributed by atoms with Crippen molar-refractivity contribution in [2.24, 2.45) is 0 Å². The van der Waals surface area contributed by atoms with Gasteiger partial charge in [-0.15, -0.1) is 0 Å². The summed E-state index contributed by atoms with van der Waals surface area (Å²) in [5, 5.41) is 30.4. The van der Waals surface area contributed by atoms with Crippen LogP contribution >= 0.6 is 0 Å². The maximum absolute atomic E-state index is 12.2. The number of carbonyl (C=O) groups is 1. The number of aliphatic hydroxyl groups is 2. The van der Waals surface area contributed by atoms with E-state index in [0.29, 0.717) is 0 Å². The van der Waals surface area contributed by atoms with Gasteiger partial charge in [-0.05, 0) is 6.07 Å². The second-order valence-electron chi connectivity index (χ2n) is 5.49. The van der Waals surface area contributed by atoms with Crippen molar-refractivity contribution in [2.75, 3.05) is 25.3 Å². The SMILES string of the molecule is CC(=O)Nc1ccn([C@@H]2O[C@H](CO)[C@@H](O)[C@H]2OCOCCC#N)c(=O)n1. The Kier molecular flexibility index (Phi) is 7.19. The highest BCUT2D eigenvalue weighted by atomic mass is 16.7. The van der Waals surface area contributed by atoms with Crippen LogP contribution < -0.4 is 11.0 Å². The number of rotatable bonds is 8. The molecule has 0 aliphatic carbocycles. The molecule has 11 heteroatoms. The van der Waals surface area contributed by atoms with Gasteiger partial charge in [-0.1, -0.05) is 0 Å². The smallest absolute Gasteiger partial charge is 0.351 e. The number of aliphatic hydroxyl groups excluding tert-OH is 2. The van der Waals surface area contributed by atoms with Gasteiger partial charge in [0.05, 0.1) is 25.7 Å². The summed E-state index contributed by atoms with van der Waals surface area (Å²) in [6.07, 6.45) is -2.68. The number of ether oxygens (including phenoxy) is 3. The van der Waals surface area contributed by atoms with Crippen LogP contribution in [0.5, 0.6) is 0 Å². The van der Waals surface area contributed by atoms with Crippen molar-refractivity contribution in [2.45, 2.75) is 37.9 Å². The monoisotopic (exact) mass is 368 g/mol. The van der Waals surface area contributed by atoms with E-state index in [4.69, 9.17) is 19.5 Å². The number of aromatic nitrogens is 2. The summed E-state index contributed by atoms with van der Waals surface area (Å²) in [4.78, 5) is 27.0. The molecule has 1 aromatic heterocycles. The highest BCUT2D eigenvalue weighted by Gasteiger charge is 2.45. The fourth-order valence-electron chi connectivity index (χ4n) is 2.43. The minimum absolute atomic E-state index is 0.0771. The first kappa shape index (κ1) is 20.0. The second-order valence-corrected chi connectivity index (χ2v) is 5.49. The van der Waals surface area contributed by atoms with Gasteiger partial charge in [0, 0.05) is 13.1 Å². The Hall–Kier alpha value is -2.36. The molecule has 3 N–H and O–H groups in total. The minimum atomic E-state index is -1.20. The third kappa shape index (κ3) is 4.84. The first-order valence-electron chi connectivity index (χ1n) is 7.85. The highest BCUT2D eigenvalue weighted by molar-refractivity contribution is 5.87. The fourth-order valence-corrected chi connectivity index (χ4v) is 2.43. The first-order chi connectivity index (χ1) is 12.5. The van der Waals surface area contributed by atoms with Gasteiger partial charge in [0.2, 0.25) is 5.91 Å². The lowest BCUT2D eigenvalue weighted by atomic mass is 10.1. The van der Waals surface area contributed by atoms with Crippen molar-refractivity contribution >= 4 is 11.7 Å². The number of nitriles is 1. The van der Waals surface area contributed by atoms with Gasteiger partial charge in [-0.25, -0.2) is 4.79 Å². The van der Waals surface area contributed by atoms with E-state index in [2.05, 4.69) is 10.3 Å². The van der Waals surface area contributed by atoms with Crippen LogP contribution in [-0.4, -0.2) is 64.0 Å². The van der Waals surface area contributed by atoms with Gasteiger partial charge in [0.25, 0.3) is 0 Å². The maximum Gasteiger partial charge on any atom is 0.351 e. The number of amides is 1. The molecule has 1 fully saturated rings. The molecule has 11 nitrogen and oxygen atoms in total. The van der Waals surface area contributed by atoms with Crippen LogP contribution in [0.25, 0.3) is 0 Å². The number of anilines is 1. The lowest BCUT2D eigenvalue weighted by molar-refractivity contribution is -0.139. The van der Waals surface area contributed by atoms with Gasteiger partial charge < -0.3 is 29.7 Å². The number of hydrogen-bond donors (Lipinski definition) is 3. The largest absolute Gasteiger partial charge is 0.394 e. The molecule has 4 atom stereocenters. The zero-order valence-corrected chi connectivity index (χ0v) is 14.1. The fraction of sp³-hybridized carbons (Fsp3) is 0.600. The summed E-state index contributed by atoms with van der Waals surface area (Å²) in [6, 6.07) is 3.30. The normalized spacial score (nSPS) is 25.0.